The maximum atomic E-state index is 10.0. The van der Waals surface area contributed by atoms with Crippen molar-refractivity contribution < 1.29 is 5.11 Å². The van der Waals surface area contributed by atoms with Gasteiger partial charge >= 0.3 is 0 Å². The van der Waals surface area contributed by atoms with E-state index >= 15 is 0 Å². The van der Waals surface area contributed by atoms with Crippen molar-refractivity contribution in [3.63, 3.8) is 0 Å². The Bertz CT molecular complexity index is 526. The first-order valence-electron chi connectivity index (χ1n) is 6.46. The van der Waals surface area contributed by atoms with Gasteiger partial charge in [-0.1, -0.05) is 20.8 Å². The average molecular weight is 264 g/mol. The maximum absolute atomic E-state index is 10.0. The number of aryl methyl sites for hydroxylation is 1. The number of hydrogen-bond acceptors (Lipinski definition) is 4. The Hall–Kier alpha value is -1.00. The number of nitrogens with zero attached hydrogens (tertiary/aromatic N) is 2. The van der Waals surface area contributed by atoms with E-state index in [4.69, 9.17) is 0 Å². The maximum Gasteiger partial charge on any atom is 0.127 e. The monoisotopic (exact) mass is 264 g/mol. The lowest BCUT2D eigenvalue weighted by Gasteiger charge is -2.23. The highest BCUT2D eigenvalue weighted by atomic mass is 32.1. The van der Waals surface area contributed by atoms with E-state index in [0.717, 1.165) is 22.3 Å². The molecule has 0 fully saturated rings. The van der Waals surface area contributed by atoms with Gasteiger partial charge in [-0.25, -0.2) is 9.97 Å². The molecular formula is C14H20N2OS. The lowest BCUT2D eigenvalue weighted by Crippen LogP contribution is -2.21. The Balaban J connectivity index is 2.58. The van der Waals surface area contributed by atoms with Gasteiger partial charge in [0.2, 0.25) is 0 Å². The van der Waals surface area contributed by atoms with E-state index in [2.05, 4.69) is 36.8 Å². The topological polar surface area (TPSA) is 46.0 Å². The summed E-state index contributed by atoms with van der Waals surface area (Å²) in [4.78, 5) is 11.1. The van der Waals surface area contributed by atoms with E-state index < -0.39 is 6.10 Å². The highest BCUT2D eigenvalue weighted by Gasteiger charge is 2.25. The SMILES string of the molecule is CCc1cc2c(C(C(C)C)C(C)O)ncnc2s1. The molecule has 2 rings (SSSR count). The van der Waals surface area contributed by atoms with E-state index in [1.165, 1.54) is 4.88 Å². The Morgan fingerprint density at radius 3 is 2.56 bits per heavy atom. The van der Waals surface area contributed by atoms with Crippen LogP contribution >= 0.6 is 11.3 Å². The number of aliphatic hydroxyl groups excluding tert-OH is 1. The molecule has 2 unspecified atom stereocenters. The molecule has 0 saturated heterocycles. The molecule has 2 aromatic rings. The van der Waals surface area contributed by atoms with Gasteiger partial charge in [0.1, 0.15) is 11.2 Å². The molecule has 0 aliphatic carbocycles. The van der Waals surface area contributed by atoms with Gasteiger partial charge in [0.15, 0.2) is 0 Å². The van der Waals surface area contributed by atoms with Crippen LogP contribution in [0.2, 0.25) is 0 Å². The fourth-order valence-corrected chi connectivity index (χ4v) is 3.41. The minimum Gasteiger partial charge on any atom is -0.393 e. The van der Waals surface area contributed by atoms with Crippen molar-refractivity contribution in [3.8, 4) is 0 Å². The first kappa shape index (κ1) is 13.4. The zero-order chi connectivity index (χ0) is 13.3. The number of hydrogen-bond donors (Lipinski definition) is 1. The minimum absolute atomic E-state index is 0.0646. The summed E-state index contributed by atoms with van der Waals surface area (Å²) in [6.45, 7) is 8.23. The van der Waals surface area contributed by atoms with Crippen LogP contribution in [0.5, 0.6) is 0 Å². The molecule has 0 radical (unpaired) electrons. The van der Waals surface area contributed by atoms with Gasteiger partial charge in [0.25, 0.3) is 0 Å². The van der Waals surface area contributed by atoms with Crippen molar-refractivity contribution in [1.82, 2.24) is 9.97 Å². The van der Waals surface area contributed by atoms with Gasteiger partial charge in [0.05, 0.1) is 11.8 Å². The quantitative estimate of drug-likeness (QED) is 0.921. The average Bonchev–Trinajstić information content (AvgIpc) is 2.72. The van der Waals surface area contributed by atoms with Crippen molar-refractivity contribution >= 4 is 21.6 Å². The second-order valence-corrected chi connectivity index (χ2v) is 6.17. The van der Waals surface area contributed by atoms with E-state index in [0.29, 0.717) is 5.92 Å². The van der Waals surface area contributed by atoms with E-state index in [1.54, 1.807) is 17.7 Å². The first-order valence-corrected chi connectivity index (χ1v) is 7.27. The second kappa shape index (κ2) is 5.33. The van der Waals surface area contributed by atoms with Crippen LogP contribution in [0.3, 0.4) is 0 Å². The van der Waals surface area contributed by atoms with E-state index in [1.807, 2.05) is 6.92 Å². The van der Waals surface area contributed by atoms with Crippen LogP contribution in [-0.4, -0.2) is 21.2 Å². The number of rotatable bonds is 4. The Kier molecular flexibility index (Phi) is 3.97. The lowest BCUT2D eigenvalue weighted by atomic mass is 9.86. The number of aromatic nitrogens is 2. The van der Waals surface area contributed by atoms with Crippen LogP contribution < -0.4 is 0 Å². The Morgan fingerprint density at radius 2 is 2.00 bits per heavy atom. The van der Waals surface area contributed by atoms with E-state index in [9.17, 15) is 5.11 Å². The number of fused-ring (bicyclic) bond motifs is 1. The summed E-state index contributed by atoms with van der Waals surface area (Å²) in [7, 11) is 0. The van der Waals surface area contributed by atoms with Crippen molar-refractivity contribution in [1.29, 1.82) is 0 Å². The normalized spacial score (nSPS) is 15.2. The van der Waals surface area contributed by atoms with Crippen molar-refractivity contribution in [2.75, 3.05) is 0 Å². The third-order valence-electron chi connectivity index (χ3n) is 3.31. The Labute approximate surface area is 112 Å². The number of aliphatic hydroxyl groups is 1. The summed E-state index contributed by atoms with van der Waals surface area (Å²) in [6, 6.07) is 2.17. The molecule has 98 valence electrons. The third-order valence-corrected chi connectivity index (χ3v) is 4.50. The molecule has 3 nitrogen and oxygen atoms in total. The smallest absolute Gasteiger partial charge is 0.127 e. The van der Waals surface area contributed by atoms with E-state index in [-0.39, 0.29) is 5.92 Å². The van der Waals surface area contributed by atoms with Gasteiger partial charge < -0.3 is 5.11 Å². The van der Waals surface area contributed by atoms with Gasteiger partial charge in [-0.2, -0.15) is 0 Å². The summed E-state index contributed by atoms with van der Waals surface area (Å²) < 4.78 is 0. The summed E-state index contributed by atoms with van der Waals surface area (Å²) in [6.07, 6.45) is 2.24. The fraction of sp³-hybridized carbons (Fsp3) is 0.571. The van der Waals surface area contributed by atoms with Gasteiger partial charge in [-0.05, 0) is 25.3 Å². The molecule has 0 aromatic carbocycles. The molecule has 0 aliphatic heterocycles. The van der Waals surface area contributed by atoms with Crippen LogP contribution in [0.15, 0.2) is 12.4 Å². The standard InChI is InChI=1S/C14H20N2OS/c1-5-10-6-11-13(12(8(2)3)9(4)17)15-7-16-14(11)18-10/h6-9,12,17H,5H2,1-4H3. The molecule has 0 bridgehead atoms. The minimum atomic E-state index is -0.395. The van der Waals surface area contributed by atoms with Crippen LogP contribution in [-0.2, 0) is 6.42 Å². The summed E-state index contributed by atoms with van der Waals surface area (Å²) in [5.74, 6) is 0.419. The van der Waals surface area contributed by atoms with Crippen molar-refractivity contribution in [2.45, 2.75) is 46.1 Å². The molecule has 2 atom stereocenters. The van der Waals surface area contributed by atoms with Crippen LogP contribution in [0.4, 0.5) is 0 Å². The third kappa shape index (κ3) is 2.40. The molecule has 0 amide bonds. The molecule has 18 heavy (non-hydrogen) atoms. The largest absolute Gasteiger partial charge is 0.393 e. The first-order chi connectivity index (χ1) is 8.54. The zero-order valence-corrected chi connectivity index (χ0v) is 12.2. The van der Waals surface area contributed by atoms with Crippen LogP contribution in [0.25, 0.3) is 10.2 Å². The van der Waals surface area contributed by atoms with Crippen molar-refractivity contribution in [2.24, 2.45) is 5.92 Å². The van der Waals surface area contributed by atoms with Gasteiger partial charge in [-0.15, -0.1) is 11.3 Å². The molecule has 1 N–H and O–H groups in total. The zero-order valence-electron chi connectivity index (χ0n) is 11.3. The molecule has 4 heteroatoms. The molecule has 2 aromatic heterocycles. The molecule has 0 aliphatic rings. The van der Waals surface area contributed by atoms with Gasteiger partial charge in [0, 0.05) is 16.2 Å². The lowest BCUT2D eigenvalue weighted by molar-refractivity contribution is 0.139. The number of thiophene rings is 1. The fourth-order valence-electron chi connectivity index (χ4n) is 2.46. The summed E-state index contributed by atoms with van der Waals surface area (Å²) in [5, 5.41) is 11.1. The predicted molar refractivity (Wildman–Crippen MR) is 76.1 cm³/mol. The Morgan fingerprint density at radius 1 is 1.28 bits per heavy atom. The van der Waals surface area contributed by atoms with Crippen LogP contribution in [0, 0.1) is 5.92 Å². The summed E-state index contributed by atoms with van der Waals surface area (Å²) in [5.41, 5.74) is 0.987. The predicted octanol–water partition coefficient (Wildman–Crippen LogP) is 3.37. The highest BCUT2D eigenvalue weighted by molar-refractivity contribution is 7.18. The molecule has 0 saturated carbocycles. The second-order valence-electron chi connectivity index (χ2n) is 5.05. The summed E-state index contributed by atoms with van der Waals surface area (Å²) >= 11 is 1.72. The van der Waals surface area contributed by atoms with Gasteiger partial charge in [-0.3, -0.25) is 0 Å². The molecular weight excluding hydrogens is 244 g/mol. The molecule has 0 spiro atoms. The van der Waals surface area contributed by atoms with Crippen molar-refractivity contribution in [3.05, 3.63) is 23.0 Å². The van der Waals surface area contributed by atoms with Crippen LogP contribution in [0.1, 0.15) is 44.2 Å². The highest BCUT2D eigenvalue weighted by Crippen LogP contribution is 2.34. The molecule has 2 heterocycles.